The average molecular weight is 305 g/mol. The molecule has 112 valence electrons. The summed E-state index contributed by atoms with van der Waals surface area (Å²) >= 11 is 0. The molecule has 2 heteroatoms. The number of nitrogens with zero attached hydrogens (tertiary/aromatic N) is 1. The second-order valence-electron chi connectivity index (χ2n) is 6.56. The van der Waals surface area contributed by atoms with Gasteiger partial charge in [0.2, 0.25) is 0 Å². The standard InChI is InChI=1S/C20H23NSi/c1-16-10-6-8-12-18(16)20(14-15-22(3,4)5)21-19-13-9-7-11-17(19)2/h6-13H,1-5H3. The summed E-state index contributed by atoms with van der Waals surface area (Å²) in [6, 6.07) is 16.5. The van der Waals surface area contributed by atoms with E-state index in [9.17, 15) is 0 Å². The Bertz CT molecular complexity index is 755. The summed E-state index contributed by atoms with van der Waals surface area (Å²) in [7, 11) is -1.44. The highest BCUT2D eigenvalue weighted by Gasteiger charge is 2.10. The van der Waals surface area contributed by atoms with Gasteiger partial charge in [-0.25, -0.2) is 4.99 Å². The first-order valence-electron chi connectivity index (χ1n) is 7.60. The predicted octanol–water partition coefficient (Wildman–Crippen LogP) is 5.31. The van der Waals surface area contributed by atoms with Crippen LogP contribution in [0.1, 0.15) is 16.7 Å². The fourth-order valence-electron chi connectivity index (χ4n) is 2.05. The molecule has 1 nitrogen and oxygen atoms in total. The molecule has 0 radical (unpaired) electrons. The Labute approximate surface area is 135 Å². The average Bonchev–Trinajstić information content (AvgIpc) is 2.45. The molecule has 0 aliphatic carbocycles. The Morgan fingerprint density at radius 1 is 0.864 bits per heavy atom. The molecular weight excluding hydrogens is 282 g/mol. The van der Waals surface area contributed by atoms with Crippen molar-refractivity contribution in [1.82, 2.24) is 0 Å². The first-order chi connectivity index (χ1) is 10.4. The van der Waals surface area contributed by atoms with E-state index in [0.717, 1.165) is 17.0 Å². The zero-order valence-electron chi connectivity index (χ0n) is 14.1. The lowest BCUT2D eigenvalue weighted by Gasteiger charge is -2.08. The number of hydrogen-bond donors (Lipinski definition) is 0. The van der Waals surface area contributed by atoms with Crippen molar-refractivity contribution in [3.63, 3.8) is 0 Å². The fraction of sp³-hybridized carbons (Fsp3) is 0.250. The van der Waals surface area contributed by atoms with Crippen LogP contribution in [0.15, 0.2) is 53.5 Å². The molecule has 2 rings (SSSR count). The lowest BCUT2D eigenvalue weighted by molar-refractivity contribution is 1.38. The van der Waals surface area contributed by atoms with Crippen LogP contribution >= 0.6 is 0 Å². The van der Waals surface area contributed by atoms with E-state index in [2.05, 4.69) is 69.2 Å². The summed E-state index contributed by atoms with van der Waals surface area (Å²) in [5.41, 5.74) is 8.81. The lowest BCUT2D eigenvalue weighted by Crippen LogP contribution is -2.17. The molecule has 0 atom stereocenters. The van der Waals surface area contributed by atoms with E-state index in [1.54, 1.807) is 0 Å². The maximum atomic E-state index is 4.86. The van der Waals surface area contributed by atoms with Gasteiger partial charge in [-0.15, -0.1) is 5.54 Å². The molecule has 0 unspecified atom stereocenters. The third kappa shape index (κ3) is 4.44. The minimum atomic E-state index is -1.44. The van der Waals surface area contributed by atoms with Crippen molar-refractivity contribution >= 4 is 19.5 Å². The van der Waals surface area contributed by atoms with E-state index in [1.165, 1.54) is 11.1 Å². The zero-order chi connectivity index (χ0) is 16.2. The number of aryl methyl sites for hydroxylation is 2. The second-order valence-corrected chi connectivity index (χ2v) is 11.3. The quantitative estimate of drug-likeness (QED) is 0.405. The monoisotopic (exact) mass is 305 g/mol. The van der Waals surface area contributed by atoms with Gasteiger partial charge in [0.05, 0.1) is 5.69 Å². The summed E-state index contributed by atoms with van der Waals surface area (Å²) < 4.78 is 0. The molecule has 0 N–H and O–H groups in total. The second kappa shape index (κ2) is 6.77. The Morgan fingerprint density at radius 3 is 2.05 bits per heavy atom. The van der Waals surface area contributed by atoms with Crippen molar-refractivity contribution in [2.75, 3.05) is 0 Å². The molecule has 2 aromatic rings. The van der Waals surface area contributed by atoms with Crippen molar-refractivity contribution in [3.05, 3.63) is 65.2 Å². The van der Waals surface area contributed by atoms with Gasteiger partial charge in [-0.2, -0.15) is 0 Å². The molecule has 0 saturated heterocycles. The number of hydrogen-bond acceptors (Lipinski definition) is 1. The summed E-state index contributed by atoms with van der Waals surface area (Å²) in [6.07, 6.45) is 0. The summed E-state index contributed by atoms with van der Waals surface area (Å²) in [5.74, 6) is 3.35. The van der Waals surface area contributed by atoms with Crippen LogP contribution < -0.4 is 0 Å². The Hall–Kier alpha value is -2.11. The van der Waals surface area contributed by atoms with Gasteiger partial charge in [0.15, 0.2) is 0 Å². The minimum Gasteiger partial charge on any atom is -0.239 e. The van der Waals surface area contributed by atoms with Gasteiger partial charge in [0, 0.05) is 5.56 Å². The summed E-state index contributed by atoms with van der Waals surface area (Å²) in [4.78, 5) is 4.86. The van der Waals surface area contributed by atoms with Gasteiger partial charge in [-0.05, 0) is 31.0 Å². The van der Waals surface area contributed by atoms with Crippen LogP contribution in [0.3, 0.4) is 0 Å². The van der Waals surface area contributed by atoms with Gasteiger partial charge in [-0.3, -0.25) is 0 Å². The summed E-state index contributed by atoms with van der Waals surface area (Å²) in [5, 5.41) is 0. The van der Waals surface area contributed by atoms with Gasteiger partial charge >= 0.3 is 0 Å². The topological polar surface area (TPSA) is 12.4 Å². The van der Waals surface area contributed by atoms with E-state index >= 15 is 0 Å². The van der Waals surface area contributed by atoms with Crippen LogP contribution in [-0.2, 0) is 0 Å². The van der Waals surface area contributed by atoms with E-state index in [4.69, 9.17) is 4.99 Å². The lowest BCUT2D eigenvalue weighted by atomic mass is 10.0. The molecular formula is C20H23NSi. The molecule has 0 saturated carbocycles. The van der Waals surface area contributed by atoms with Crippen LogP contribution in [0.25, 0.3) is 0 Å². The van der Waals surface area contributed by atoms with Crippen LogP contribution in [-0.4, -0.2) is 13.8 Å². The van der Waals surface area contributed by atoms with Crippen LogP contribution in [0, 0.1) is 25.3 Å². The maximum absolute atomic E-state index is 4.86. The maximum Gasteiger partial charge on any atom is 0.129 e. The molecule has 0 bridgehead atoms. The molecule has 0 fully saturated rings. The van der Waals surface area contributed by atoms with Crippen molar-refractivity contribution in [2.45, 2.75) is 33.5 Å². The van der Waals surface area contributed by atoms with E-state index < -0.39 is 8.07 Å². The zero-order valence-corrected chi connectivity index (χ0v) is 15.1. The SMILES string of the molecule is Cc1ccccc1N=C(C#C[Si](C)(C)C)c1ccccc1C. The molecule has 0 amide bonds. The Kier molecular flexibility index (Phi) is 5.00. The van der Waals surface area contributed by atoms with Gasteiger partial charge in [0.25, 0.3) is 0 Å². The van der Waals surface area contributed by atoms with Crippen LogP contribution in [0.5, 0.6) is 0 Å². The molecule has 0 aromatic heterocycles. The highest BCUT2D eigenvalue weighted by atomic mass is 28.3. The third-order valence-electron chi connectivity index (χ3n) is 3.30. The van der Waals surface area contributed by atoms with E-state index in [0.29, 0.717) is 0 Å². The highest BCUT2D eigenvalue weighted by molar-refractivity contribution is 6.84. The van der Waals surface area contributed by atoms with Gasteiger partial charge in [-0.1, -0.05) is 68.0 Å². The molecule has 0 aliphatic rings. The molecule has 2 aromatic carbocycles. The third-order valence-corrected chi connectivity index (χ3v) is 4.18. The van der Waals surface area contributed by atoms with Crippen molar-refractivity contribution in [3.8, 4) is 11.5 Å². The minimum absolute atomic E-state index is 0.870. The molecule has 22 heavy (non-hydrogen) atoms. The highest BCUT2D eigenvalue weighted by Crippen LogP contribution is 2.20. The molecule has 0 spiro atoms. The van der Waals surface area contributed by atoms with E-state index in [-0.39, 0.29) is 0 Å². The fourth-order valence-corrected chi connectivity index (χ4v) is 2.54. The number of benzene rings is 2. The van der Waals surface area contributed by atoms with Gasteiger partial charge in [0.1, 0.15) is 13.8 Å². The number of rotatable bonds is 2. The molecule has 0 heterocycles. The largest absolute Gasteiger partial charge is 0.239 e. The van der Waals surface area contributed by atoms with Gasteiger partial charge < -0.3 is 0 Å². The first kappa shape index (κ1) is 16.3. The van der Waals surface area contributed by atoms with E-state index in [1.807, 2.05) is 24.3 Å². The van der Waals surface area contributed by atoms with Crippen molar-refractivity contribution in [2.24, 2.45) is 4.99 Å². The summed E-state index contributed by atoms with van der Waals surface area (Å²) in [6.45, 7) is 11.0. The number of aliphatic imine (C=N–C) groups is 1. The smallest absolute Gasteiger partial charge is 0.129 e. The van der Waals surface area contributed by atoms with Crippen LogP contribution in [0.2, 0.25) is 19.6 Å². The van der Waals surface area contributed by atoms with Crippen LogP contribution in [0.4, 0.5) is 5.69 Å². The molecule has 0 aliphatic heterocycles. The number of para-hydroxylation sites is 1. The Balaban J connectivity index is 2.58. The van der Waals surface area contributed by atoms with Crippen molar-refractivity contribution in [1.29, 1.82) is 0 Å². The van der Waals surface area contributed by atoms with Crippen molar-refractivity contribution < 1.29 is 0 Å². The Morgan fingerprint density at radius 2 is 1.45 bits per heavy atom. The predicted molar refractivity (Wildman–Crippen MR) is 99.7 cm³/mol. The normalized spacial score (nSPS) is 11.8. The first-order valence-corrected chi connectivity index (χ1v) is 11.1.